The van der Waals surface area contributed by atoms with E-state index < -0.39 is 36.4 Å². The highest BCUT2D eigenvalue weighted by Crippen LogP contribution is 2.38. The zero-order valence-electron chi connectivity index (χ0n) is 22.8. The predicted molar refractivity (Wildman–Crippen MR) is 145 cm³/mol. The summed E-state index contributed by atoms with van der Waals surface area (Å²) in [5.41, 5.74) is 1.14. The molecule has 6 atom stereocenters. The van der Waals surface area contributed by atoms with E-state index in [9.17, 15) is 24.6 Å². The highest BCUT2D eigenvalue weighted by Gasteiger charge is 2.43. The lowest BCUT2D eigenvalue weighted by Gasteiger charge is -2.24. The van der Waals surface area contributed by atoms with Crippen LogP contribution in [0, 0.1) is 11.8 Å². The molecular formula is C30H43NO7. The van der Waals surface area contributed by atoms with Crippen molar-refractivity contribution in [1.82, 2.24) is 5.32 Å². The van der Waals surface area contributed by atoms with Crippen LogP contribution in [0.25, 0.3) is 0 Å². The fourth-order valence-corrected chi connectivity index (χ4v) is 4.71. The summed E-state index contributed by atoms with van der Waals surface area (Å²) in [5.74, 6) is -1.72. The molecule has 1 aromatic rings. The molecule has 0 spiro atoms. The Kier molecular flexibility index (Phi) is 13.8. The van der Waals surface area contributed by atoms with Gasteiger partial charge in [0, 0.05) is 38.1 Å². The minimum atomic E-state index is -1.04. The summed E-state index contributed by atoms with van der Waals surface area (Å²) in [6.45, 7) is 5.19. The van der Waals surface area contributed by atoms with Crippen LogP contribution in [-0.4, -0.2) is 59.0 Å². The maximum absolute atomic E-state index is 12.5. The van der Waals surface area contributed by atoms with Crippen LogP contribution in [0.1, 0.15) is 64.9 Å². The van der Waals surface area contributed by atoms with Gasteiger partial charge in [0.05, 0.1) is 12.2 Å². The smallest absolute Gasteiger partial charge is 0.347 e. The molecule has 0 aromatic heterocycles. The van der Waals surface area contributed by atoms with E-state index in [1.807, 2.05) is 55.5 Å². The number of amides is 1. The SMILES string of the molecule is CCNC(=O)CCC/C=C\C[C@@H]1[C@@H](/C=C/[C@@H](O)CCc2ccccc2)[C@H](O)C[C@@H]1OC(=O)C(C)OC(C)=O. The van der Waals surface area contributed by atoms with E-state index in [-0.39, 0.29) is 24.2 Å². The molecule has 8 nitrogen and oxygen atoms in total. The molecule has 38 heavy (non-hydrogen) atoms. The van der Waals surface area contributed by atoms with Gasteiger partial charge in [0.25, 0.3) is 0 Å². The van der Waals surface area contributed by atoms with Crippen molar-refractivity contribution in [2.75, 3.05) is 6.54 Å². The number of aliphatic hydroxyl groups is 2. The number of nitrogens with one attached hydrogen (secondary N) is 1. The average molecular weight is 530 g/mol. The molecule has 2 rings (SSSR count). The van der Waals surface area contributed by atoms with Gasteiger partial charge in [-0.05, 0) is 51.5 Å². The van der Waals surface area contributed by atoms with Crippen LogP contribution < -0.4 is 5.32 Å². The van der Waals surface area contributed by atoms with Gasteiger partial charge in [-0.1, -0.05) is 54.6 Å². The Hall–Kier alpha value is -2.97. The molecule has 0 saturated heterocycles. The van der Waals surface area contributed by atoms with Gasteiger partial charge in [-0.2, -0.15) is 0 Å². The summed E-state index contributed by atoms with van der Waals surface area (Å²) in [5, 5.41) is 24.1. The first-order valence-corrected chi connectivity index (χ1v) is 13.6. The van der Waals surface area contributed by atoms with Crippen molar-refractivity contribution in [1.29, 1.82) is 0 Å². The van der Waals surface area contributed by atoms with Crippen LogP contribution in [0.4, 0.5) is 0 Å². The lowest BCUT2D eigenvalue weighted by atomic mass is 9.89. The lowest BCUT2D eigenvalue weighted by Crippen LogP contribution is -2.32. The van der Waals surface area contributed by atoms with Crippen LogP contribution in [0.5, 0.6) is 0 Å². The summed E-state index contributed by atoms with van der Waals surface area (Å²) >= 11 is 0. The average Bonchev–Trinajstić information content (AvgIpc) is 3.17. The van der Waals surface area contributed by atoms with E-state index in [1.54, 1.807) is 6.08 Å². The number of unbranched alkanes of at least 4 members (excludes halogenated alkanes) is 1. The van der Waals surface area contributed by atoms with Crippen molar-refractivity contribution in [3.63, 3.8) is 0 Å². The minimum absolute atomic E-state index is 0.0321. The summed E-state index contributed by atoms with van der Waals surface area (Å²) in [4.78, 5) is 35.4. The van der Waals surface area contributed by atoms with Gasteiger partial charge in [-0.25, -0.2) is 4.79 Å². The Labute approximate surface area is 226 Å². The molecule has 1 aromatic carbocycles. The number of carbonyl (C=O) groups is 3. The highest BCUT2D eigenvalue weighted by atomic mass is 16.6. The number of aryl methyl sites for hydroxylation is 1. The van der Waals surface area contributed by atoms with Crippen molar-refractivity contribution in [3.05, 3.63) is 60.2 Å². The third-order valence-electron chi connectivity index (χ3n) is 6.68. The maximum atomic E-state index is 12.5. The molecule has 8 heteroatoms. The topological polar surface area (TPSA) is 122 Å². The molecule has 1 saturated carbocycles. The van der Waals surface area contributed by atoms with Gasteiger partial charge in [-0.15, -0.1) is 0 Å². The number of ether oxygens (including phenoxy) is 2. The van der Waals surface area contributed by atoms with Gasteiger partial charge in [0.2, 0.25) is 5.91 Å². The van der Waals surface area contributed by atoms with Gasteiger partial charge < -0.3 is 25.0 Å². The fraction of sp³-hybridized carbons (Fsp3) is 0.567. The van der Waals surface area contributed by atoms with Crippen molar-refractivity contribution in [3.8, 4) is 0 Å². The Morgan fingerprint density at radius 3 is 2.61 bits per heavy atom. The van der Waals surface area contributed by atoms with Crippen LogP contribution in [0.2, 0.25) is 0 Å². The first-order valence-electron chi connectivity index (χ1n) is 13.6. The minimum Gasteiger partial charge on any atom is -0.459 e. The highest BCUT2D eigenvalue weighted by molar-refractivity contribution is 5.78. The molecule has 1 unspecified atom stereocenters. The first kappa shape index (κ1) is 31.2. The lowest BCUT2D eigenvalue weighted by molar-refractivity contribution is -0.170. The van der Waals surface area contributed by atoms with Crippen molar-refractivity contribution >= 4 is 17.8 Å². The summed E-state index contributed by atoms with van der Waals surface area (Å²) in [7, 11) is 0. The van der Waals surface area contributed by atoms with Crippen LogP contribution in [0.3, 0.4) is 0 Å². The van der Waals surface area contributed by atoms with E-state index in [1.165, 1.54) is 13.8 Å². The molecule has 1 aliphatic carbocycles. The summed E-state index contributed by atoms with van der Waals surface area (Å²) in [6.07, 6.45) is 8.53. The van der Waals surface area contributed by atoms with Crippen LogP contribution in [-0.2, 0) is 30.3 Å². The van der Waals surface area contributed by atoms with E-state index in [0.717, 1.165) is 24.8 Å². The predicted octanol–water partition coefficient (Wildman–Crippen LogP) is 3.65. The number of hydrogen-bond acceptors (Lipinski definition) is 7. The number of esters is 2. The Bertz CT molecular complexity index is 930. The summed E-state index contributed by atoms with van der Waals surface area (Å²) < 4.78 is 10.6. The molecule has 3 N–H and O–H groups in total. The molecule has 210 valence electrons. The Morgan fingerprint density at radius 2 is 1.92 bits per heavy atom. The van der Waals surface area contributed by atoms with E-state index >= 15 is 0 Å². The number of carbonyl (C=O) groups excluding carboxylic acids is 3. The van der Waals surface area contributed by atoms with E-state index in [4.69, 9.17) is 9.47 Å². The molecule has 0 bridgehead atoms. The number of hydrogen-bond donors (Lipinski definition) is 3. The zero-order valence-corrected chi connectivity index (χ0v) is 22.8. The molecule has 0 aliphatic heterocycles. The number of benzene rings is 1. The van der Waals surface area contributed by atoms with Crippen molar-refractivity contribution < 1.29 is 34.1 Å². The largest absolute Gasteiger partial charge is 0.459 e. The molecule has 1 amide bonds. The normalized spacial score (nSPS) is 22.9. The monoisotopic (exact) mass is 529 g/mol. The third-order valence-corrected chi connectivity index (χ3v) is 6.68. The molecule has 0 radical (unpaired) electrons. The van der Waals surface area contributed by atoms with E-state index in [0.29, 0.717) is 25.8 Å². The maximum Gasteiger partial charge on any atom is 0.347 e. The second-order valence-corrected chi connectivity index (χ2v) is 9.80. The fourth-order valence-electron chi connectivity index (χ4n) is 4.71. The quantitative estimate of drug-likeness (QED) is 0.180. The second kappa shape index (κ2) is 16.8. The van der Waals surface area contributed by atoms with Gasteiger partial charge >= 0.3 is 11.9 Å². The van der Waals surface area contributed by atoms with Crippen LogP contribution >= 0.6 is 0 Å². The number of aliphatic hydroxyl groups excluding tert-OH is 2. The Morgan fingerprint density at radius 1 is 1.18 bits per heavy atom. The first-order chi connectivity index (χ1) is 18.2. The molecule has 1 fully saturated rings. The van der Waals surface area contributed by atoms with Gasteiger partial charge in [0.15, 0.2) is 6.10 Å². The number of allylic oxidation sites excluding steroid dienone is 2. The van der Waals surface area contributed by atoms with Gasteiger partial charge in [-0.3, -0.25) is 9.59 Å². The van der Waals surface area contributed by atoms with Crippen molar-refractivity contribution in [2.24, 2.45) is 11.8 Å². The molecule has 1 aliphatic rings. The Balaban J connectivity index is 2.02. The standard InChI is InChI=1S/C30H43NO7/c1-4-31-29(35)15-11-6-5-10-14-26-25(19-18-24(33)17-16-23-12-8-7-9-13-23)27(34)20-28(26)38-30(36)21(2)37-22(3)32/h5,7-10,12-13,18-19,21,24-28,33-34H,4,6,11,14-17,20H2,1-3H3,(H,31,35)/b10-5-,19-18+/t21?,24-,25+,26+,27+,28-/m0/s1. The summed E-state index contributed by atoms with van der Waals surface area (Å²) in [6, 6.07) is 9.93. The third kappa shape index (κ3) is 11.2. The molecule has 0 heterocycles. The molecular weight excluding hydrogens is 486 g/mol. The second-order valence-electron chi connectivity index (χ2n) is 9.80. The van der Waals surface area contributed by atoms with Gasteiger partial charge in [0.1, 0.15) is 6.10 Å². The number of rotatable bonds is 15. The van der Waals surface area contributed by atoms with Crippen LogP contribution in [0.15, 0.2) is 54.6 Å². The zero-order chi connectivity index (χ0) is 27.9. The van der Waals surface area contributed by atoms with E-state index in [2.05, 4.69) is 5.32 Å². The van der Waals surface area contributed by atoms with Crippen molar-refractivity contribution in [2.45, 2.75) is 90.1 Å².